The van der Waals surface area contributed by atoms with Crippen LogP contribution in [0, 0.1) is 0 Å². The van der Waals surface area contributed by atoms with Gasteiger partial charge < -0.3 is 15.0 Å². The lowest BCUT2D eigenvalue weighted by atomic mass is 10.0. The van der Waals surface area contributed by atoms with Crippen LogP contribution in [0.2, 0.25) is 0 Å². The standard InChI is InChI=1S/C34H35Br2N3O5S/c1-3-37-34(41)32(22-25-8-6-5-7-9-25)38(23-26-10-12-27(35)13-11-26)33(40)24-39(29-16-18-30(19-17-29)44-4-2)45(42,43)31-20-14-28(36)15-21-31/h5-21,32H,3-4,22-24H2,1-2H3,(H,37,41). The molecule has 0 aromatic heterocycles. The van der Waals surface area contributed by atoms with Crippen molar-refractivity contribution in [1.82, 2.24) is 10.2 Å². The van der Waals surface area contributed by atoms with Crippen LogP contribution in [-0.2, 0) is 32.6 Å². The summed E-state index contributed by atoms with van der Waals surface area (Å²) >= 11 is 6.81. The lowest BCUT2D eigenvalue weighted by molar-refractivity contribution is -0.140. The highest BCUT2D eigenvalue weighted by atomic mass is 79.9. The summed E-state index contributed by atoms with van der Waals surface area (Å²) in [5.41, 5.74) is 1.95. The van der Waals surface area contributed by atoms with Gasteiger partial charge in [-0.2, -0.15) is 0 Å². The van der Waals surface area contributed by atoms with Crippen LogP contribution in [0.25, 0.3) is 0 Å². The van der Waals surface area contributed by atoms with E-state index in [4.69, 9.17) is 4.74 Å². The molecule has 2 amide bonds. The maximum Gasteiger partial charge on any atom is 0.264 e. The number of nitrogens with one attached hydrogen (secondary N) is 1. The average molecular weight is 758 g/mol. The quantitative estimate of drug-likeness (QED) is 0.157. The first-order valence-corrected chi connectivity index (χ1v) is 17.5. The van der Waals surface area contributed by atoms with Crippen molar-refractivity contribution in [3.8, 4) is 5.75 Å². The van der Waals surface area contributed by atoms with Gasteiger partial charge >= 0.3 is 0 Å². The molecule has 45 heavy (non-hydrogen) atoms. The molecule has 1 N–H and O–H groups in total. The van der Waals surface area contributed by atoms with Crippen molar-refractivity contribution in [1.29, 1.82) is 0 Å². The maximum atomic E-state index is 14.4. The van der Waals surface area contributed by atoms with Gasteiger partial charge in [0.15, 0.2) is 0 Å². The second-order valence-electron chi connectivity index (χ2n) is 10.1. The van der Waals surface area contributed by atoms with Crippen molar-refractivity contribution in [2.24, 2.45) is 0 Å². The summed E-state index contributed by atoms with van der Waals surface area (Å²) in [4.78, 5) is 29.5. The fourth-order valence-corrected chi connectivity index (χ4v) is 6.71. The molecule has 1 unspecified atom stereocenters. The van der Waals surface area contributed by atoms with E-state index >= 15 is 0 Å². The van der Waals surface area contributed by atoms with Gasteiger partial charge in [0.1, 0.15) is 18.3 Å². The molecule has 8 nitrogen and oxygen atoms in total. The first-order valence-electron chi connectivity index (χ1n) is 14.5. The maximum absolute atomic E-state index is 14.4. The summed E-state index contributed by atoms with van der Waals surface area (Å²) in [6.07, 6.45) is 0.247. The summed E-state index contributed by atoms with van der Waals surface area (Å²) in [6.45, 7) is 4.06. The van der Waals surface area contributed by atoms with Gasteiger partial charge in [-0.1, -0.05) is 74.3 Å². The minimum absolute atomic E-state index is 0.0244. The molecular formula is C34H35Br2N3O5S. The molecule has 0 heterocycles. The second kappa shape index (κ2) is 16.1. The molecule has 4 rings (SSSR count). The summed E-state index contributed by atoms with van der Waals surface area (Å²) in [6, 6.07) is 28.8. The highest BCUT2D eigenvalue weighted by Gasteiger charge is 2.34. The third-order valence-corrected chi connectivity index (χ3v) is 9.85. The van der Waals surface area contributed by atoms with E-state index in [2.05, 4.69) is 37.2 Å². The average Bonchev–Trinajstić information content (AvgIpc) is 3.03. The Hall–Kier alpha value is -3.67. The topological polar surface area (TPSA) is 96.0 Å². The Morgan fingerprint density at radius 3 is 1.98 bits per heavy atom. The van der Waals surface area contributed by atoms with Crippen LogP contribution in [0.3, 0.4) is 0 Å². The van der Waals surface area contributed by atoms with Gasteiger partial charge in [-0.3, -0.25) is 13.9 Å². The van der Waals surface area contributed by atoms with Gasteiger partial charge in [-0.25, -0.2) is 8.42 Å². The van der Waals surface area contributed by atoms with Crippen molar-refractivity contribution in [2.45, 2.75) is 37.8 Å². The number of halogens is 2. The highest BCUT2D eigenvalue weighted by Crippen LogP contribution is 2.28. The van der Waals surface area contributed by atoms with E-state index in [1.165, 1.54) is 17.0 Å². The molecule has 0 bridgehead atoms. The normalized spacial score (nSPS) is 11.8. The van der Waals surface area contributed by atoms with E-state index in [1.54, 1.807) is 36.4 Å². The Morgan fingerprint density at radius 2 is 1.40 bits per heavy atom. The molecule has 0 aliphatic carbocycles. The highest BCUT2D eigenvalue weighted by molar-refractivity contribution is 9.10. The fraction of sp³-hybridized carbons (Fsp3) is 0.235. The van der Waals surface area contributed by atoms with E-state index in [1.807, 2.05) is 68.4 Å². The van der Waals surface area contributed by atoms with Crippen molar-refractivity contribution in [3.05, 3.63) is 123 Å². The summed E-state index contributed by atoms with van der Waals surface area (Å²) in [7, 11) is -4.20. The molecule has 4 aromatic rings. The van der Waals surface area contributed by atoms with Crippen LogP contribution in [0.5, 0.6) is 5.75 Å². The fourth-order valence-electron chi connectivity index (χ4n) is 4.77. The van der Waals surface area contributed by atoms with Gasteiger partial charge in [-0.15, -0.1) is 0 Å². The Morgan fingerprint density at radius 1 is 0.800 bits per heavy atom. The van der Waals surface area contributed by atoms with Gasteiger partial charge in [-0.05, 0) is 85.6 Å². The summed E-state index contributed by atoms with van der Waals surface area (Å²) < 4.78 is 36.5. The van der Waals surface area contributed by atoms with E-state index in [0.29, 0.717) is 18.9 Å². The van der Waals surface area contributed by atoms with Crippen LogP contribution in [0.4, 0.5) is 5.69 Å². The number of likely N-dealkylation sites (N-methyl/N-ethyl adjacent to an activating group) is 1. The number of carbonyl (C=O) groups excluding carboxylic acids is 2. The Balaban J connectivity index is 1.79. The zero-order valence-corrected chi connectivity index (χ0v) is 29.0. The molecule has 0 aliphatic heterocycles. The number of nitrogens with zero attached hydrogens (tertiary/aromatic N) is 2. The minimum atomic E-state index is -4.20. The first kappa shape index (κ1) is 34.2. The number of amides is 2. The molecule has 1 atom stereocenters. The smallest absolute Gasteiger partial charge is 0.264 e. The molecule has 236 valence electrons. The number of anilines is 1. The number of rotatable bonds is 14. The molecule has 0 aliphatic rings. The van der Waals surface area contributed by atoms with Gasteiger partial charge in [0.2, 0.25) is 11.8 Å². The number of ether oxygens (including phenoxy) is 1. The van der Waals surface area contributed by atoms with E-state index < -0.39 is 28.5 Å². The Labute approximate surface area is 281 Å². The molecule has 0 saturated heterocycles. The summed E-state index contributed by atoms with van der Waals surface area (Å²) in [5.74, 6) is -0.278. The van der Waals surface area contributed by atoms with Crippen LogP contribution in [0.15, 0.2) is 117 Å². The van der Waals surface area contributed by atoms with Crippen LogP contribution in [0.1, 0.15) is 25.0 Å². The van der Waals surface area contributed by atoms with Gasteiger partial charge in [0, 0.05) is 28.5 Å². The number of sulfonamides is 1. The van der Waals surface area contributed by atoms with Gasteiger partial charge in [0.25, 0.3) is 10.0 Å². The lowest BCUT2D eigenvalue weighted by Gasteiger charge is -2.34. The number of hydrogen-bond acceptors (Lipinski definition) is 5. The SMILES string of the molecule is CCNC(=O)C(Cc1ccccc1)N(Cc1ccc(Br)cc1)C(=O)CN(c1ccc(OCC)cc1)S(=O)(=O)c1ccc(Br)cc1. The van der Waals surface area contributed by atoms with Crippen LogP contribution < -0.4 is 14.4 Å². The Kier molecular flexibility index (Phi) is 12.2. The molecule has 0 saturated carbocycles. The van der Waals surface area contributed by atoms with Gasteiger partial charge in [0.05, 0.1) is 17.2 Å². The number of hydrogen-bond donors (Lipinski definition) is 1. The van der Waals surface area contributed by atoms with Crippen molar-refractivity contribution in [2.75, 3.05) is 24.0 Å². The molecule has 0 spiro atoms. The van der Waals surface area contributed by atoms with E-state index in [0.717, 1.165) is 24.4 Å². The predicted molar refractivity (Wildman–Crippen MR) is 184 cm³/mol. The van der Waals surface area contributed by atoms with Crippen molar-refractivity contribution < 1.29 is 22.7 Å². The zero-order valence-electron chi connectivity index (χ0n) is 25.0. The molecular weight excluding hydrogens is 722 g/mol. The molecule has 0 fully saturated rings. The second-order valence-corrected chi connectivity index (χ2v) is 13.8. The third-order valence-electron chi connectivity index (χ3n) is 7.00. The monoisotopic (exact) mass is 755 g/mol. The molecule has 11 heteroatoms. The number of benzene rings is 4. The lowest BCUT2D eigenvalue weighted by Crippen LogP contribution is -2.53. The van der Waals surface area contributed by atoms with Crippen LogP contribution in [-0.4, -0.2) is 50.9 Å². The zero-order chi connectivity index (χ0) is 32.4. The van der Waals surface area contributed by atoms with E-state index in [-0.39, 0.29) is 29.5 Å². The summed E-state index contributed by atoms with van der Waals surface area (Å²) in [5, 5.41) is 2.87. The van der Waals surface area contributed by atoms with E-state index in [9.17, 15) is 18.0 Å². The third kappa shape index (κ3) is 9.18. The molecule has 0 radical (unpaired) electrons. The first-order chi connectivity index (χ1) is 21.6. The largest absolute Gasteiger partial charge is 0.494 e. The minimum Gasteiger partial charge on any atom is -0.494 e. The van der Waals surface area contributed by atoms with Crippen LogP contribution >= 0.6 is 31.9 Å². The Bertz CT molecular complexity index is 1670. The molecule has 4 aromatic carbocycles. The van der Waals surface area contributed by atoms with Crippen molar-refractivity contribution in [3.63, 3.8) is 0 Å². The van der Waals surface area contributed by atoms with Crippen molar-refractivity contribution >= 4 is 59.4 Å². The predicted octanol–water partition coefficient (Wildman–Crippen LogP) is 6.58. The number of carbonyl (C=O) groups is 2.